The largest absolute Gasteiger partial charge is 0.314 e. The Labute approximate surface area is 108 Å². The normalized spacial score (nSPS) is 14.9. The van der Waals surface area contributed by atoms with Crippen molar-refractivity contribution in [3.63, 3.8) is 0 Å². The van der Waals surface area contributed by atoms with Crippen LogP contribution in [0.3, 0.4) is 0 Å². The summed E-state index contributed by atoms with van der Waals surface area (Å²) in [6, 6.07) is 11.1. The minimum atomic E-state index is 0.817. The second-order valence-electron chi connectivity index (χ2n) is 4.96. The van der Waals surface area contributed by atoms with Crippen LogP contribution in [0.2, 0.25) is 0 Å². The van der Waals surface area contributed by atoms with E-state index in [0.717, 1.165) is 24.7 Å². The van der Waals surface area contributed by atoms with Crippen LogP contribution in [0.5, 0.6) is 0 Å². The Morgan fingerprint density at radius 3 is 2.83 bits per heavy atom. The van der Waals surface area contributed by atoms with Gasteiger partial charge < -0.3 is 5.32 Å². The van der Waals surface area contributed by atoms with E-state index in [-0.39, 0.29) is 0 Å². The summed E-state index contributed by atoms with van der Waals surface area (Å²) in [5, 5.41) is 7.95. The molecule has 3 heteroatoms. The first-order valence-electron chi connectivity index (χ1n) is 6.74. The van der Waals surface area contributed by atoms with Gasteiger partial charge in [-0.15, -0.1) is 0 Å². The van der Waals surface area contributed by atoms with Gasteiger partial charge in [0.25, 0.3) is 0 Å². The Hall–Kier alpha value is -1.61. The molecule has 3 rings (SSSR count). The number of aryl methyl sites for hydroxylation is 1. The molecule has 1 saturated carbocycles. The fraction of sp³-hybridized carbons (Fsp3) is 0.400. The lowest BCUT2D eigenvalue weighted by molar-refractivity contribution is 0.645. The monoisotopic (exact) mass is 241 g/mol. The highest BCUT2D eigenvalue weighted by Crippen LogP contribution is 2.18. The molecule has 0 amide bonds. The van der Waals surface area contributed by atoms with Crippen LogP contribution in [0.1, 0.15) is 24.8 Å². The van der Waals surface area contributed by atoms with Gasteiger partial charge in [-0.1, -0.05) is 18.2 Å². The molecule has 1 heterocycles. The summed E-state index contributed by atoms with van der Waals surface area (Å²) >= 11 is 0. The number of rotatable bonds is 6. The number of hydrogen-bond donors (Lipinski definition) is 1. The molecule has 94 valence electrons. The molecule has 2 aromatic rings. The Morgan fingerprint density at radius 2 is 2.06 bits per heavy atom. The first kappa shape index (κ1) is 11.5. The van der Waals surface area contributed by atoms with Crippen molar-refractivity contribution in [1.29, 1.82) is 0 Å². The third-order valence-electron chi connectivity index (χ3n) is 3.31. The smallest absolute Gasteiger partial charge is 0.0645 e. The molecule has 1 aliphatic carbocycles. The maximum atomic E-state index is 4.41. The Balaban J connectivity index is 1.52. The van der Waals surface area contributed by atoms with Gasteiger partial charge in [0.15, 0.2) is 0 Å². The summed E-state index contributed by atoms with van der Waals surface area (Å²) in [7, 11) is 0. The van der Waals surface area contributed by atoms with Crippen molar-refractivity contribution in [2.75, 3.05) is 6.54 Å². The van der Waals surface area contributed by atoms with Crippen LogP contribution in [-0.2, 0) is 6.42 Å². The molecule has 0 unspecified atom stereocenters. The molecular weight excluding hydrogens is 222 g/mol. The molecule has 1 aromatic heterocycles. The highest BCUT2D eigenvalue weighted by atomic mass is 15.3. The van der Waals surface area contributed by atoms with E-state index < -0.39 is 0 Å². The van der Waals surface area contributed by atoms with Gasteiger partial charge in [-0.25, -0.2) is 4.68 Å². The van der Waals surface area contributed by atoms with Gasteiger partial charge in [-0.2, -0.15) is 5.10 Å². The van der Waals surface area contributed by atoms with Crippen molar-refractivity contribution in [3.8, 4) is 5.69 Å². The fourth-order valence-corrected chi connectivity index (χ4v) is 2.10. The van der Waals surface area contributed by atoms with Crippen molar-refractivity contribution in [2.45, 2.75) is 31.7 Å². The summed E-state index contributed by atoms with van der Waals surface area (Å²) in [6.07, 6.45) is 9.14. The second-order valence-corrected chi connectivity index (χ2v) is 4.96. The van der Waals surface area contributed by atoms with Gasteiger partial charge in [0, 0.05) is 12.2 Å². The maximum absolute atomic E-state index is 4.41. The third kappa shape index (κ3) is 2.99. The number of hydrogen-bond acceptors (Lipinski definition) is 2. The number of para-hydroxylation sites is 1. The van der Waals surface area contributed by atoms with Crippen LogP contribution in [0.25, 0.3) is 5.69 Å². The van der Waals surface area contributed by atoms with E-state index in [2.05, 4.69) is 28.7 Å². The van der Waals surface area contributed by atoms with E-state index in [1.165, 1.54) is 24.8 Å². The summed E-state index contributed by atoms with van der Waals surface area (Å²) < 4.78 is 1.95. The van der Waals surface area contributed by atoms with Crippen LogP contribution < -0.4 is 5.32 Å². The molecule has 1 aliphatic rings. The third-order valence-corrected chi connectivity index (χ3v) is 3.31. The molecule has 1 aromatic carbocycles. The van der Waals surface area contributed by atoms with Gasteiger partial charge >= 0.3 is 0 Å². The van der Waals surface area contributed by atoms with Crippen LogP contribution >= 0.6 is 0 Å². The van der Waals surface area contributed by atoms with Crippen molar-refractivity contribution >= 4 is 0 Å². The maximum Gasteiger partial charge on any atom is 0.0645 e. The zero-order valence-corrected chi connectivity index (χ0v) is 10.5. The molecule has 18 heavy (non-hydrogen) atoms. The second kappa shape index (κ2) is 5.36. The van der Waals surface area contributed by atoms with Crippen molar-refractivity contribution in [2.24, 2.45) is 0 Å². The van der Waals surface area contributed by atoms with Gasteiger partial charge in [-0.05, 0) is 49.9 Å². The summed E-state index contributed by atoms with van der Waals surface area (Å²) in [5.74, 6) is 0. The van der Waals surface area contributed by atoms with E-state index in [1.54, 1.807) is 0 Å². The summed E-state index contributed by atoms with van der Waals surface area (Å²) in [6.45, 7) is 1.13. The molecule has 0 bridgehead atoms. The van der Waals surface area contributed by atoms with Crippen LogP contribution in [-0.4, -0.2) is 22.4 Å². The molecule has 0 aliphatic heterocycles. The van der Waals surface area contributed by atoms with Crippen molar-refractivity contribution in [3.05, 3.63) is 48.3 Å². The summed E-state index contributed by atoms with van der Waals surface area (Å²) in [4.78, 5) is 0. The lowest BCUT2D eigenvalue weighted by Crippen LogP contribution is -2.17. The number of aromatic nitrogens is 2. The van der Waals surface area contributed by atoms with Gasteiger partial charge in [-0.3, -0.25) is 0 Å². The topological polar surface area (TPSA) is 29.9 Å². The van der Waals surface area contributed by atoms with Crippen LogP contribution in [0, 0.1) is 0 Å². The number of nitrogens with one attached hydrogen (secondary N) is 1. The summed E-state index contributed by atoms with van der Waals surface area (Å²) in [5.41, 5.74) is 2.44. The van der Waals surface area contributed by atoms with Crippen molar-refractivity contribution in [1.82, 2.24) is 15.1 Å². The molecule has 3 nitrogen and oxygen atoms in total. The first-order chi connectivity index (χ1) is 8.92. The molecule has 1 fully saturated rings. The zero-order chi connectivity index (χ0) is 12.2. The molecule has 0 spiro atoms. The molecule has 1 N–H and O–H groups in total. The Kier molecular flexibility index (Phi) is 3.42. The highest BCUT2D eigenvalue weighted by molar-refractivity contribution is 5.30. The highest BCUT2D eigenvalue weighted by Gasteiger charge is 2.19. The predicted octanol–water partition coefficient (Wildman–Crippen LogP) is 2.56. The van der Waals surface area contributed by atoms with E-state index in [9.17, 15) is 0 Å². The van der Waals surface area contributed by atoms with E-state index in [4.69, 9.17) is 0 Å². The standard InChI is InChI=1S/C15H19N3/c1-2-6-15(7-3-1)18-12-13(11-17-18)5-4-10-16-14-8-9-14/h1-3,6-7,11-12,14,16H,4-5,8-10H2. The molecule has 0 atom stereocenters. The quantitative estimate of drug-likeness (QED) is 0.788. The molecule has 0 radical (unpaired) electrons. The number of benzene rings is 1. The average Bonchev–Trinajstić information content (AvgIpc) is 3.12. The van der Waals surface area contributed by atoms with Crippen LogP contribution in [0.15, 0.2) is 42.7 Å². The Morgan fingerprint density at radius 1 is 1.22 bits per heavy atom. The predicted molar refractivity (Wildman–Crippen MR) is 72.9 cm³/mol. The fourth-order valence-electron chi connectivity index (χ4n) is 2.10. The minimum absolute atomic E-state index is 0.817. The minimum Gasteiger partial charge on any atom is -0.314 e. The van der Waals surface area contributed by atoms with Crippen LogP contribution in [0.4, 0.5) is 0 Å². The lowest BCUT2D eigenvalue weighted by Gasteiger charge is -2.01. The van der Waals surface area contributed by atoms with Gasteiger partial charge in [0.2, 0.25) is 0 Å². The van der Waals surface area contributed by atoms with Gasteiger partial charge in [0.1, 0.15) is 0 Å². The SMILES string of the molecule is c1ccc(-n2cc(CCCNC3CC3)cn2)cc1. The molecular formula is C15H19N3. The first-order valence-corrected chi connectivity index (χ1v) is 6.74. The van der Waals surface area contributed by atoms with E-state index in [1.807, 2.05) is 29.1 Å². The average molecular weight is 241 g/mol. The van der Waals surface area contributed by atoms with Gasteiger partial charge in [0.05, 0.1) is 11.9 Å². The zero-order valence-electron chi connectivity index (χ0n) is 10.5. The molecule has 0 saturated heterocycles. The number of nitrogens with zero attached hydrogens (tertiary/aromatic N) is 2. The Bertz CT molecular complexity index is 485. The van der Waals surface area contributed by atoms with E-state index in [0.29, 0.717) is 0 Å². The lowest BCUT2D eigenvalue weighted by atomic mass is 10.2. The van der Waals surface area contributed by atoms with Crippen molar-refractivity contribution < 1.29 is 0 Å². The van der Waals surface area contributed by atoms with E-state index >= 15 is 0 Å².